The molecule has 0 bridgehead atoms. The van der Waals surface area contributed by atoms with Gasteiger partial charge in [-0.25, -0.2) is 13.1 Å². The Morgan fingerprint density at radius 2 is 2.05 bits per heavy atom. The summed E-state index contributed by atoms with van der Waals surface area (Å²) < 4.78 is 26.4. The molecule has 1 heterocycles. The quantitative estimate of drug-likeness (QED) is 0.760. The summed E-state index contributed by atoms with van der Waals surface area (Å²) in [5.41, 5.74) is -0.957. The lowest BCUT2D eigenvalue weighted by Crippen LogP contribution is -2.44. The van der Waals surface area contributed by atoms with Gasteiger partial charge >= 0.3 is 5.97 Å². The Hall–Kier alpha value is -1.34. The van der Waals surface area contributed by atoms with E-state index in [2.05, 4.69) is 9.71 Å². The van der Waals surface area contributed by atoms with Crippen molar-refractivity contribution in [3.05, 3.63) is 18.5 Å². The molecule has 0 aromatic carbocycles. The van der Waals surface area contributed by atoms with Crippen LogP contribution in [0.15, 0.2) is 23.4 Å². The van der Waals surface area contributed by atoms with Gasteiger partial charge in [-0.15, -0.1) is 0 Å². The van der Waals surface area contributed by atoms with Crippen molar-refractivity contribution in [2.24, 2.45) is 5.41 Å². The minimum absolute atomic E-state index is 0.0458. The van der Waals surface area contributed by atoms with Crippen molar-refractivity contribution in [2.75, 3.05) is 6.54 Å². The lowest BCUT2D eigenvalue weighted by Gasteiger charge is -2.33. The number of aromatic nitrogens is 1. The average molecular weight is 286 g/mol. The highest BCUT2D eigenvalue weighted by Gasteiger charge is 2.40. The van der Waals surface area contributed by atoms with E-state index in [0.29, 0.717) is 12.8 Å². The van der Waals surface area contributed by atoms with Crippen LogP contribution < -0.4 is 4.72 Å². The van der Waals surface area contributed by atoms with Crippen LogP contribution in [0.2, 0.25) is 0 Å². The molecule has 1 aromatic rings. The van der Waals surface area contributed by atoms with Gasteiger partial charge in [0.15, 0.2) is 0 Å². The van der Waals surface area contributed by atoms with Crippen LogP contribution >= 0.6 is 0 Å². The molecule has 1 saturated carbocycles. The first kappa shape index (κ1) is 14.1. The Morgan fingerprint density at radius 1 is 1.37 bits per heavy atom. The van der Waals surface area contributed by atoms with E-state index in [9.17, 15) is 18.3 Å². The topological polar surface area (TPSA) is 99.3 Å². The van der Waals surface area contributed by atoms with Crippen molar-refractivity contribution in [1.29, 1.82) is 0 Å². The van der Waals surface area contributed by atoms with Gasteiger partial charge in [-0.2, -0.15) is 0 Å². The maximum Gasteiger partial charge on any atom is 0.310 e. The number of carboxylic acids is 1. The van der Waals surface area contributed by atoms with E-state index in [1.54, 1.807) is 0 Å². The Labute approximate surface area is 112 Å². The highest BCUT2D eigenvalue weighted by Crippen LogP contribution is 2.36. The highest BCUT2D eigenvalue weighted by molar-refractivity contribution is 7.89. The van der Waals surface area contributed by atoms with Crippen LogP contribution in [-0.4, -0.2) is 31.0 Å². The van der Waals surface area contributed by atoms with Gasteiger partial charge in [0.25, 0.3) is 0 Å². The number of carboxylic acid groups (broad SMARTS) is 1. The molecule has 0 amide bonds. The number of carbonyl (C=O) groups is 1. The monoisotopic (exact) mass is 286 g/mol. The van der Waals surface area contributed by atoms with E-state index in [0.717, 1.165) is 19.3 Å². The van der Waals surface area contributed by atoms with Crippen LogP contribution in [0.1, 0.15) is 32.1 Å². The molecule has 0 aliphatic heterocycles. The van der Waals surface area contributed by atoms with E-state index in [1.807, 2.05) is 0 Å². The SMILES string of the molecule is O=C(O)C1(CNS(=O)(=O)c2cc[nH]c2)CCCCC1. The smallest absolute Gasteiger partial charge is 0.310 e. The number of aliphatic carboxylic acids is 1. The third-order valence-electron chi connectivity index (χ3n) is 3.74. The second-order valence-corrected chi connectivity index (χ2v) is 6.78. The molecular weight excluding hydrogens is 268 g/mol. The van der Waals surface area contributed by atoms with Crippen LogP contribution in [0.25, 0.3) is 0 Å². The van der Waals surface area contributed by atoms with E-state index in [4.69, 9.17) is 0 Å². The number of sulfonamides is 1. The Kier molecular flexibility index (Phi) is 3.96. The van der Waals surface area contributed by atoms with E-state index < -0.39 is 21.4 Å². The second-order valence-electron chi connectivity index (χ2n) is 5.02. The summed E-state index contributed by atoms with van der Waals surface area (Å²) in [6.45, 7) is -0.0458. The first-order valence-electron chi connectivity index (χ1n) is 6.32. The molecule has 0 atom stereocenters. The summed E-state index contributed by atoms with van der Waals surface area (Å²) in [7, 11) is -3.63. The lowest BCUT2D eigenvalue weighted by molar-refractivity contribution is -0.150. The number of hydrogen-bond donors (Lipinski definition) is 3. The second kappa shape index (κ2) is 5.34. The molecule has 3 N–H and O–H groups in total. The molecular formula is C12H18N2O4S. The van der Waals surface area contributed by atoms with Crippen molar-refractivity contribution >= 4 is 16.0 Å². The minimum atomic E-state index is -3.63. The van der Waals surface area contributed by atoms with Gasteiger partial charge in [-0.3, -0.25) is 4.79 Å². The Bertz CT molecular complexity index is 530. The molecule has 0 spiro atoms. The number of hydrogen-bond acceptors (Lipinski definition) is 3. The van der Waals surface area contributed by atoms with Gasteiger partial charge < -0.3 is 10.1 Å². The Balaban J connectivity index is 2.09. The zero-order chi connectivity index (χ0) is 13.9. The van der Waals surface area contributed by atoms with E-state index >= 15 is 0 Å². The maximum absolute atomic E-state index is 12.0. The van der Waals surface area contributed by atoms with Gasteiger partial charge in [-0.1, -0.05) is 19.3 Å². The van der Waals surface area contributed by atoms with Gasteiger partial charge in [0.05, 0.1) is 10.3 Å². The van der Waals surface area contributed by atoms with Crippen molar-refractivity contribution in [2.45, 2.75) is 37.0 Å². The third kappa shape index (κ3) is 2.98. The molecule has 7 heteroatoms. The summed E-state index contributed by atoms with van der Waals surface area (Å²) in [5.74, 6) is -0.913. The van der Waals surface area contributed by atoms with Crippen molar-refractivity contribution in [1.82, 2.24) is 9.71 Å². The van der Waals surface area contributed by atoms with E-state index in [-0.39, 0.29) is 11.4 Å². The zero-order valence-electron chi connectivity index (χ0n) is 10.6. The lowest BCUT2D eigenvalue weighted by atomic mass is 9.74. The maximum atomic E-state index is 12.0. The molecule has 1 aliphatic rings. The molecule has 1 aliphatic carbocycles. The van der Waals surface area contributed by atoms with Gasteiger partial charge in [0, 0.05) is 18.9 Å². The third-order valence-corrected chi connectivity index (χ3v) is 5.14. The van der Waals surface area contributed by atoms with Crippen molar-refractivity contribution in [3.8, 4) is 0 Å². The fourth-order valence-corrected chi connectivity index (χ4v) is 3.59. The van der Waals surface area contributed by atoms with Crippen LogP contribution in [0, 0.1) is 5.41 Å². The summed E-state index contributed by atoms with van der Waals surface area (Å²) in [6, 6.07) is 1.44. The largest absolute Gasteiger partial charge is 0.481 e. The minimum Gasteiger partial charge on any atom is -0.481 e. The van der Waals surface area contributed by atoms with E-state index in [1.165, 1.54) is 18.5 Å². The number of H-pyrrole nitrogens is 1. The summed E-state index contributed by atoms with van der Waals surface area (Å²) in [5, 5.41) is 9.38. The van der Waals surface area contributed by atoms with Crippen LogP contribution in [0.4, 0.5) is 0 Å². The number of rotatable bonds is 5. The van der Waals surface area contributed by atoms with Gasteiger partial charge in [0.2, 0.25) is 10.0 Å². The molecule has 0 unspecified atom stereocenters. The molecule has 2 rings (SSSR count). The molecule has 106 valence electrons. The highest BCUT2D eigenvalue weighted by atomic mass is 32.2. The fourth-order valence-electron chi connectivity index (χ4n) is 2.49. The van der Waals surface area contributed by atoms with Crippen LogP contribution in [-0.2, 0) is 14.8 Å². The summed E-state index contributed by atoms with van der Waals surface area (Å²) in [4.78, 5) is 14.2. The number of nitrogens with one attached hydrogen (secondary N) is 2. The molecule has 0 radical (unpaired) electrons. The standard InChI is InChI=1S/C12H18N2O4S/c15-11(16)12(5-2-1-3-6-12)9-14-19(17,18)10-4-7-13-8-10/h4,7-8,13-14H,1-3,5-6,9H2,(H,15,16). The molecule has 1 fully saturated rings. The fraction of sp³-hybridized carbons (Fsp3) is 0.583. The number of aromatic amines is 1. The van der Waals surface area contributed by atoms with Gasteiger partial charge in [0.1, 0.15) is 0 Å². The van der Waals surface area contributed by atoms with Crippen molar-refractivity contribution in [3.63, 3.8) is 0 Å². The molecule has 1 aromatic heterocycles. The van der Waals surface area contributed by atoms with Crippen LogP contribution in [0.3, 0.4) is 0 Å². The van der Waals surface area contributed by atoms with Gasteiger partial charge in [-0.05, 0) is 18.9 Å². The Morgan fingerprint density at radius 3 is 2.58 bits per heavy atom. The normalized spacial score (nSPS) is 19.2. The zero-order valence-corrected chi connectivity index (χ0v) is 11.4. The molecule has 0 saturated heterocycles. The molecule has 6 nitrogen and oxygen atoms in total. The summed E-state index contributed by atoms with van der Waals surface area (Å²) >= 11 is 0. The predicted molar refractivity (Wildman–Crippen MR) is 69.1 cm³/mol. The van der Waals surface area contributed by atoms with Crippen molar-refractivity contribution < 1.29 is 18.3 Å². The first-order chi connectivity index (χ1) is 8.96. The molecule has 19 heavy (non-hydrogen) atoms. The predicted octanol–water partition coefficient (Wildman–Crippen LogP) is 1.33. The average Bonchev–Trinajstić information content (AvgIpc) is 2.92. The first-order valence-corrected chi connectivity index (χ1v) is 7.80. The summed E-state index contributed by atoms with van der Waals surface area (Å²) in [6.07, 6.45) is 6.62. The van der Waals surface area contributed by atoms with Crippen LogP contribution in [0.5, 0.6) is 0 Å².